The lowest BCUT2D eigenvalue weighted by Gasteiger charge is -1.88. The lowest BCUT2D eigenvalue weighted by atomic mass is 10.1. The fourth-order valence-corrected chi connectivity index (χ4v) is 0.662. The summed E-state index contributed by atoms with van der Waals surface area (Å²) in [5.41, 5.74) is 0.534. The van der Waals surface area contributed by atoms with Crippen molar-refractivity contribution in [3.05, 3.63) is 35.9 Å². The van der Waals surface area contributed by atoms with Crippen LogP contribution in [-0.2, 0) is 0 Å². The molecule has 0 atom stereocenters. The summed E-state index contributed by atoms with van der Waals surface area (Å²) in [7, 11) is 0. The molecule has 0 aromatic heterocycles. The molecule has 1 aromatic carbocycles. The predicted molar refractivity (Wildman–Crippen MR) is 39.6 cm³/mol. The van der Waals surface area contributed by atoms with Crippen molar-refractivity contribution in [2.75, 3.05) is 0 Å². The molecule has 48 valence electrons. The SMILES string of the molecule is [2H]C#CC(=O)c1ccccc1. The molecule has 1 heteroatoms. The largest absolute Gasteiger partial charge is 0.279 e. The van der Waals surface area contributed by atoms with Gasteiger partial charge in [0.25, 0.3) is 0 Å². The van der Waals surface area contributed by atoms with E-state index in [1.165, 1.54) is 0 Å². The number of hydrogen-bond acceptors (Lipinski definition) is 1. The Morgan fingerprint density at radius 2 is 2.20 bits per heavy atom. The standard InChI is InChI=1S/C9H6O/c1-2-9(10)8-6-4-3-5-7-8/h1,3-7H/i1D. The van der Waals surface area contributed by atoms with E-state index in [2.05, 4.69) is 5.92 Å². The second-order valence-corrected chi connectivity index (χ2v) is 1.82. The Morgan fingerprint density at radius 1 is 1.50 bits per heavy atom. The number of terminal acetylenes is 1. The normalized spacial score (nSPS) is 9.00. The summed E-state index contributed by atoms with van der Waals surface area (Å²) in [5.74, 6) is 1.83. The van der Waals surface area contributed by atoms with Gasteiger partial charge in [-0.25, -0.2) is 0 Å². The number of rotatable bonds is 1. The molecule has 1 nitrogen and oxygen atoms in total. The van der Waals surface area contributed by atoms with Gasteiger partial charge in [0.2, 0.25) is 5.78 Å². The predicted octanol–water partition coefficient (Wildman–Crippen LogP) is 1.50. The zero-order chi connectivity index (χ0) is 8.10. The summed E-state index contributed by atoms with van der Waals surface area (Å²) in [4.78, 5) is 11.0. The van der Waals surface area contributed by atoms with Gasteiger partial charge in [0.1, 0.15) is 1.37 Å². The average molecular weight is 131 g/mol. The third-order valence-electron chi connectivity index (χ3n) is 1.15. The smallest absolute Gasteiger partial charge is 0.235 e. The fraction of sp³-hybridized carbons (Fsp3) is 0. The van der Waals surface area contributed by atoms with Gasteiger partial charge in [-0.3, -0.25) is 4.79 Å². The topological polar surface area (TPSA) is 17.1 Å². The number of hydrogen-bond donors (Lipinski definition) is 0. The maximum Gasteiger partial charge on any atom is 0.235 e. The lowest BCUT2D eigenvalue weighted by Crippen LogP contribution is -1.91. The van der Waals surface area contributed by atoms with Crippen LogP contribution in [0.4, 0.5) is 0 Å². The summed E-state index contributed by atoms with van der Waals surface area (Å²) in [5, 5.41) is 0. The van der Waals surface area contributed by atoms with Crippen LogP contribution in [0.15, 0.2) is 30.3 Å². The molecular formula is C9H6O. The van der Waals surface area contributed by atoms with Crippen LogP contribution >= 0.6 is 0 Å². The Kier molecular flexibility index (Phi) is 1.49. The van der Waals surface area contributed by atoms with E-state index in [1.807, 2.05) is 12.5 Å². The molecule has 0 heterocycles. The molecule has 0 aliphatic rings. The molecule has 0 amide bonds. The van der Waals surface area contributed by atoms with Crippen LogP contribution in [-0.4, -0.2) is 5.78 Å². The van der Waals surface area contributed by atoms with Crippen LogP contribution in [0.2, 0.25) is 0 Å². The minimum absolute atomic E-state index is 0.305. The second kappa shape index (κ2) is 2.84. The van der Waals surface area contributed by atoms with E-state index in [1.54, 1.807) is 24.3 Å². The molecule has 1 aromatic rings. The maximum absolute atomic E-state index is 11.0. The van der Waals surface area contributed by atoms with Crippen molar-refractivity contribution in [1.82, 2.24) is 0 Å². The highest BCUT2D eigenvalue weighted by atomic mass is 16.1. The highest BCUT2D eigenvalue weighted by Crippen LogP contribution is 1.97. The third-order valence-corrected chi connectivity index (χ3v) is 1.15. The van der Waals surface area contributed by atoms with Crippen LogP contribution in [0.1, 0.15) is 11.7 Å². The molecule has 10 heavy (non-hydrogen) atoms. The monoisotopic (exact) mass is 131 g/mol. The van der Waals surface area contributed by atoms with Crippen LogP contribution in [0.3, 0.4) is 0 Å². The van der Waals surface area contributed by atoms with Crippen molar-refractivity contribution in [2.24, 2.45) is 0 Å². The van der Waals surface area contributed by atoms with Crippen LogP contribution in [0.25, 0.3) is 0 Å². The van der Waals surface area contributed by atoms with Crippen molar-refractivity contribution < 1.29 is 6.17 Å². The van der Waals surface area contributed by atoms with Crippen molar-refractivity contribution in [1.29, 1.82) is 0 Å². The van der Waals surface area contributed by atoms with Crippen molar-refractivity contribution in [2.45, 2.75) is 0 Å². The molecule has 0 spiro atoms. The summed E-state index contributed by atoms with van der Waals surface area (Å²) in [6, 6.07) is 8.70. The van der Waals surface area contributed by atoms with Crippen molar-refractivity contribution in [3.8, 4) is 12.3 Å². The van der Waals surface area contributed by atoms with Gasteiger partial charge >= 0.3 is 0 Å². The first kappa shape index (κ1) is 5.25. The van der Waals surface area contributed by atoms with Gasteiger partial charge in [0.05, 0.1) is 0 Å². The van der Waals surface area contributed by atoms with E-state index < -0.39 is 0 Å². The van der Waals surface area contributed by atoms with Gasteiger partial charge in [-0.2, -0.15) is 0 Å². The fourth-order valence-electron chi connectivity index (χ4n) is 0.662. The summed E-state index contributed by atoms with van der Waals surface area (Å²) >= 11 is 0. The van der Waals surface area contributed by atoms with Gasteiger partial charge in [0, 0.05) is 5.56 Å². The highest BCUT2D eigenvalue weighted by Gasteiger charge is 1.96. The Hall–Kier alpha value is -1.55. The Labute approximate surface area is 61.1 Å². The first-order valence-corrected chi connectivity index (χ1v) is 2.86. The Balaban J connectivity index is 2.92. The second-order valence-electron chi connectivity index (χ2n) is 1.82. The van der Waals surface area contributed by atoms with Gasteiger partial charge in [-0.15, -0.1) is 6.40 Å². The number of benzene rings is 1. The Bertz CT molecular complexity index is 305. The maximum atomic E-state index is 11.0. The molecule has 0 N–H and O–H groups in total. The molecule has 0 radical (unpaired) electrons. The molecule has 0 unspecified atom stereocenters. The van der Waals surface area contributed by atoms with E-state index in [0.717, 1.165) is 0 Å². The van der Waals surface area contributed by atoms with Crippen LogP contribution in [0, 0.1) is 12.3 Å². The lowest BCUT2D eigenvalue weighted by molar-refractivity contribution is 0.105. The summed E-state index contributed by atoms with van der Waals surface area (Å²) in [6.07, 6.45) is 1.82. The molecular weight excluding hydrogens is 124 g/mol. The zero-order valence-electron chi connectivity index (χ0n) is 6.29. The summed E-state index contributed by atoms with van der Waals surface area (Å²) < 4.78 is 6.50. The van der Waals surface area contributed by atoms with E-state index >= 15 is 0 Å². The van der Waals surface area contributed by atoms with Crippen LogP contribution in [0.5, 0.6) is 0 Å². The molecule has 0 saturated carbocycles. The quantitative estimate of drug-likeness (QED) is 0.320. The molecule has 1 rings (SSSR count). The van der Waals surface area contributed by atoms with Gasteiger partial charge in [-0.05, 0) is 5.92 Å². The Morgan fingerprint density at radius 3 is 2.80 bits per heavy atom. The zero-order valence-corrected chi connectivity index (χ0v) is 5.29. The minimum atomic E-state index is -0.305. The average Bonchev–Trinajstić information content (AvgIpc) is 2.07. The third kappa shape index (κ3) is 1.24. The molecule has 0 aliphatic carbocycles. The molecule has 0 saturated heterocycles. The van der Waals surface area contributed by atoms with E-state index in [9.17, 15) is 4.79 Å². The van der Waals surface area contributed by atoms with Gasteiger partial charge in [-0.1, -0.05) is 30.3 Å². The first-order valence-electron chi connectivity index (χ1n) is 3.36. The number of carbonyl (C=O) groups is 1. The minimum Gasteiger partial charge on any atom is -0.279 e. The van der Waals surface area contributed by atoms with E-state index in [-0.39, 0.29) is 5.78 Å². The summed E-state index contributed by atoms with van der Waals surface area (Å²) in [6.45, 7) is 0. The number of ketones is 1. The molecule has 0 bridgehead atoms. The molecule has 0 aliphatic heterocycles. The van der Waals surface area contributed by atoms with E-state index in [0.29, 0.717) is 5.56 Å². The van der Waals surface area contributed by atoms with Crippen molar-refractivity contribution in [3.63, 3.8) is 0 Å². The number of carbonyl (C=O) groups excluding carboxylic acids is 1. The van der Waals surface area contributed by atoms with Gasteiger partial charge < -0.3 is 0 Å². The van der Waals surface area contributed by atoms with Gasteiger partial charge in [0.15, 0.2) is 0 Å². The highest BCUT2D eigenvalue weighted by molar-refractivity contribution is 6.08. The first-order chi connectivity index (χ1) is 5.34. The van der Waals surface area contributed by atoms with Crippen LogP contribution < -0.4 is 0 Å². The van der Waals surface area contributed by atoms with E-state index in [4.69, 9.17) is 1.37 Å². The number of Topliss-reactive ketones (excluding diaryl/α,β-unsaturated/α-hetero) is 1. The van der Waals surface area contributed by atoms with Crippen molar-refractivity contribution >= 4 is 5.78 Å². The molecule has 0 fully saturated rings.